The van der Waals surface area contributed by atoms with E-state index in [0.29, 0.717) is 0 Å². The summed E-state index contributed by atoms with van der Waals surface area (Å²) in [4.78, 5) is 8.38. The molecule has 0 unspecified atom stereocenters. The number of aryl methyl sites for hydroxylation is 1. The van der Waals surface area contributed by atoms with Crippen LogP contribution in [0.15, 0.2) is 36.9 Å². The maximum atomic E-state index is 5.05. The molecule has 1 N–H and O–H groups in total. The Hall–Kier alpha value is -1.88. The summed E-state index contributed by atoms with van der Waals surface area (Å²) in [6.45, 7) is 2.40. The molecular formula is C13H18N4O. The van der Waals surface area contributed by atoms with Gasteiger partial charge in [0, 0.05) is 51.6 Å². The number of ether oxygens (including phenoxy) is 1. The average Bonchev–Trinajstić information content (AvgIpc) is 2.86. The highest BCUT2D eigenvalue weighted by Gasteiger charge is 2.01. The number of rotatable bonds is 7. The number of anilines is 1. The van der Waals surface area contributed by atoms with Crippen molar-refractivity contribution >= 4 is 5.95 Å². The molecular weight excluding hydrogens is 228 g/mol. The fourth-order valence-electron chi connectivity index (χ4n) is 1.72. The quantitative estimate of drug-likeness (QED) is 0.758. The standard InChI is InChI=1S/C13H18N4O/c1-18-9-3-7-17-8-6-15-13(17)16-11-12-4-2-5-14-10-12/h2,4-6,8,10H,3,7,9,11H2,1H3,(H,15,16). The molecule has 0 saturated carbocycles. The van der Waals surface area contributed by atoms with Crippen LogP contribution in [-0.2, 0) is 17.8 Å². The van der Waals surface area contributed by atoms with Gasteiger partial charge in [0.25, 0.3) is 0 Å². The predicted octanol–water partition coefficient (Wildman–Crippen LogP) is 1.93. The van der Waals surface area contributed by atoms with Gasteiger partial charge >= 0.3 is 0 Å². The minimum absolute atomic E-state index is 0.731. The van der Waals surface area contributed by atoms with E-state index >= 15 is 0 Å². The van der Waals surface area contributed by atoms with E-state index in [9.17, 15) is 0 Å². The molecule has 0 aromatic carbocycles. The van der Waals surface area contributed by atoms with Gasteiger partial charge in [-0.15, -0.1) is 0 Å². The SMILES string of the molecule is COCCCn1ccnc1NCc1cccnc1. The van der Waals surface area contributed by atoms with E-state index in [-0.39, 0.29) is 0 Å². The van der Waals surface area contributed by atoms with Gasteiger partial charge in [-0.05, 0) is 18.1 Å². The first kappa shape index (κ1) is 12.6. The largest absolute Gasteiger partial charge is 0.385 e. The molecule has 96 valence electrons. The van der Waals surface area contributed by atoms with Crippen LogP contribution in [0.3, 0.4) is 0 Å². The van der Waals surface area contributed by atoms with Gasteiger partial charge in [-0.25, -0.2) is 4.98 Å². The van der Waals surface area contributed by atoms with Crippen LogP contribution < -0.4 is 5.32 Å². The van der Waals surface area contributed by atoms with Gasteiger partial charge in [-0.2, -0.15) is 0 Å². The van der Waals surface area contributed by atoms with Crippen molar-refractivity contribution in [2.45, 2.75) is 19.5 Å². The van der Waals surface area contributed by atoms with Crippen molar-refractivity contribution in [1.82, 2.24) is 14.5 Å². The lowest BCUT2D eigenvalue weighted by Crippen LogP contribution is -2.08. The molecule has 0 amide bonds. The predicted molar refractivity (Wildman–Crippen MR) is 70.3 cm³/mol. The minimum atomic E-state index is 0.731. The zero-order valence-electron chi connectivity index (χ0n) is 10.5. The van der Waals surface area contributed by atoms with Crippen LogP contribution in [0, 0.1) is 0 Å². The molecule has 0 atom stereocenters. The highest BCUT2D eigenvalue weighted by molar-refractivity contribution is 5.27. The van der Waals surface area contributed by atoms with E-state index in [0.717, 1.165) is 37.6 Å². The van der Waals surface area contributed by atoms with Crippen LogP contribution in [0.4, 0.5) is 5.95 Å². The highest BCUT2D eigenvalue weighted by atomic mass is 16.5. The Balaban J connectivity index is 1.87. The van der Waals surface area contributed by atoms with Crippen LogP contribution in [0.5, 0.6) is 0 Å². The Morgan fingerprint density at radius 2 is 2.33 bits per heavy atom. The summed E-state index contributed by atoms with van der Waals surface area (Å²) in [6.07, 6.45) is 8.38. The summed E-state index contributed by atoms with van der Waals surface area (Å²) in [5.41, 5.74) is 1.14. The Labute approximate surface area is 107 Å². The summed E-state index contributed by atoms with van der Waals surface area (Å²) in [5.74, 6) is 0.884. The van der Waals surface area contributed by atoms with E-state index in [1.807, 2.05) is 24.5 Å². The molecule has 0 saturated heterocycles. The van der Waals surface area contributed by atoms with Crippen molar-refractivity contribution in [2.75, 3.05) is 19.0 Å². The van der Waals surface area contributed by atoms with Gasteiger partial charge in [0.2, 0.25) is 5.95 Å². The van der Waals surface area contributed by atoms with Crippen LogP contribution in [0.25, 0.3) is 0 Å². The Bertz CT molecular complexity index is 455. The topological polar surface area (TPSA) is 52.0 Å². The summed E-state index contributed by atoms with van der Waals surface area (Å²) >= 11 is 0. The summed E-state index contributed by atoms with van der Waals surface area (Å²) < 4.78 is 7.14. The van der Waals surface area contributed by atoms with E-state index in [1.54, 1.807) is 19.5 Å². The second-order valence-electron chi connectivity index (χ2n) is 4.01. The molecule has 0 bridgehead atoms. The second-order valence-corrected chi connectivity index (χ2v) is 4.01. The molecule has 5 nitrogen and oxygen atoms in total. The van der Waals surface area contributed by atoms with Gasteiger partial charge in [0.05, 0.1) is 0 Å². The first-order valence-corrected chi connectivity index (χ1v) is 6.03. The first-order valence-electron chi connectivity index (χ1n) is 6.03. The van der Waals surface area contributed by atoms with Gasteiger partial charge in [0.1, 0.15) is 0 Å². The molecule has 0 radical (unpaired) electrons. The van der Waals surface area contributed by atoms with E-state index < -0.39 is 0 Å². The maximum absolute atomic E-state index is 5.05. The van der Waals surface area contributed by atoms with Gasteiger partial charge in [-0.3, -0.25) is 4.98 Å². The Morgan fingerprint density at radius 1 is 1.39 bits per heavy atom. The number of imidazole rings is 1. The third-order valence-electron chi connectivity index (χ3n) is 2.64. The number of pyridine rings is 1. The molecule has 0 spiro atoms. The Morgan fingerprint density at radius 3 is 3.11 bits per heavy atom. The first-order chi connectivity index (χ1) is 8.90. The lowest BCUT2D eigenvalue weighted by atomic mass is 10.3. The summed E-state index contributed by atoms with van der Waals surface area (Å²) in [7, 11) is 1.72. The van der Waals surface area contributed by atoms with Crippen molar-refractivity contribution in [3.8, 4) is 0 Å². The number of hydrogen-bond donors (Lipinski definition) is 1. The number of hydrogen-bond acceptors (Lipinski definition) is 4. The highest BCUT2D eigenvalue weighted by Crippen LogP contribution is 2.07. The van der Waals surface area contributed by atoms with E-state index in [4.69, 9.17) is 4.74 Å². The third kappa shape index (κ3) is 3.56. The molecule has 2 heterocycles. The molecule has 2 aromatic heterocycles. The number of nitrogens with one attached hydrogen (secondary N) is 1. The van der Waals surface area contributed by atoms with Crippen LogP contribution >= 0.6 is 0 Å². The molecule has 2 rings (SSSR count). The number of nitrogens with zero attached hydrogens (tertiary/aromatic N) is 3. The summed E-state index contributed by atoms with van der Waals surface area (Å²) in [6, 6.07) is 3.97. The molecule has 18 heavy (non-hydrogen) atoms. The van der Waals surface area contributed by atoms with Crippen LogP contribution in [0.1, 0.15) is 12.0 Å². The zero-order valence-corrected chi connectivity index (χ0v) is 10.5. The van der Waals surface area contributed by atoms with Crippen molar-refractivity contribution < 1.29 is 4.74 Å². The van der Waals surface area contributed by atoms with Crippen LogP contribution in [-0.4, -0.2) is 28.3 Å². The van der Waals surface area contributed by atoms with Gasteiger partial charge < -0.3 is 14.6 Å². The van der Waals surface area contributed by atoms with Crippen molar-refractivity contribution in [3.63, 3.8) is 0 Å². The lowest BCUT2D eigenvalue weighted by molar-refractivity contribution is 0.190. The molecule has 0 aliphatic heterocycles. The zero-order chi connectivity index (χ0) is 12.6. The third-order valence-corrected chi connectivity index (χ3v) is 2.64. The lowest BCUT2D eigenvalue weighted by Gasteiger charge is -2.09. The fourth-order valence-corrected chi connectivity index (χ4v) is 1.72. The normalized spacial score (nSPS) is 10.5. The van der Waals surface area contributed by atoms with Gasteiger partial charge in [-0.1, -0.05) is 6.07 Å². The van der Waals surface area contributed by atoms with Crippen molar-refractivity contribution in [1.29, 1.82) is 0 Å². The Kier molecular flexibility index (Phi) is 4.72. The maximum Gasteiger partial charge on any atom is 0.203 e. The molecule has 2 aromatic rings. The molecule has 0 aliphatic rings. The van der Waals surface area contributed by atoms with E-state index in [1.165, 1.54) is 0 Å². The van der Waals surface area contributed by atoms with Crippen molar-refractivity contribution in [2.24, 2.45) is 0 Å². The summed E-state index contributed by atoms with van der Waals surface area (Å²) in [5, 5.41) is 3.31. The smallest absolute Gasteiger partial charge is 0.203 e. The molecule has 0 aliphatic carbocycles. The van der Waals surface area contributed by atoms with Crippen molar-refractivity contribution in [3.05, 3.63) is 42.5 Å². The average molecular weight is 246 g/mol. The van der Waals surface area contributed by atoms with Crippen LogP contribution in [0.2, 0.25) is 0 Å². The number of methoxy groups -OCH3 is 1. The van der Waals surface area contributed by atoms with E-state index in [2.05, 4.69) is 19.9 Å². The monoisotopic (exact) mass is 246 g/mol. The molecule has 0 fully saturated rings. The second kappa shape index (κ2) is 6.76. The number of aromatic nitrogens is 3. The fraction of sp³-hybridized carbons (Fsp3) is 0.385. The molecule has 5 heteroatoms. The minimum Gasteiger partial charge on any atom is -0.385 e. The van der Waals surface area contributed by atoms with Gasteiger partial charge in [0.15, 0.2) is 0 Å².